The molecule has 1 aromatic heterocycles. The molecule has 5 heteroatoms. The van der Waals surface area contributed by atoms with Crippen molar-refractivity contribution in [1.29, 1.82) is 0 Å². The van der Waals surface area contributed by atoms with Crippen molar-refractivity contribution >= 4 is 17.3 Å². The van der Waals surface area contributed by atoms with Gasteiger partial charge in [-0.25, -0.2) is 4.79 Å². The second-order valence-corrected chi connectivity index (χ2v) is 6.81. The van der Waals surface area contributed by atoms with E-state index in [1.165, 1.54) is 30.6 Å². The summed E-state index contributed by atoms with van der Waals surface area (Å²) in [6, 6.07) is 5.12. The third kappa shape index (κ3) is 2.68. The quantitative estimate of drug-likeness (QED) is 0.921. The lowest BCUT2D eigenvalue weighted by molar-refractivity contribution is 0.0702. The Hall–Kier alpha value is -0.910. The van der Waals surface area contributed by atoms with Crippen LogP contribution in [0.5, 0.6) is 0 Å². The largest absolute Gasteiger partial charge is 0.477 e. The van der Waals surface area contributed by atoms with Gasteiger partial charge in [0, 0.05) is 36.6 Å². The molecule has 2 fully saturated rings. The lowest BCUT2D eigenvalue weighted by Crippen LogP contribution is -2.36. The van der Waals surface area contributed by atoms with Gasteiger partial charge in [0.15, 0.2) is 0 Å². The first-order valence-electron chi connectivity index (χ1n) is 6.90. The molecule has 2 saturated heterocycles. The first-order valence-corrected chi connectivity index (χ1v) is 7.71. The van der Waals surface area contributed by atoms with Gasteiger partial charge in [-0.1, -0.05) is 0 Å². The fraction of sp³-hybridized carbons (Fsp3) is 0.643. The van der Waals surface area contributed by atoms with Crippen molar-refractivity contribution in [3.8, 4) is 0 Å². The van der Waals surface area contributed by atoms with E-state index in [0.717, 1.165) is 30.6 Å². The van der Waals surface area contributed by atoms with Gasteiger partial charge in [0.2, 0.25) is 0 Å². The molecule has 0 radical (unpaired) electrons. The Morgan fingerprint density at radius 1 is 1.37 bits per heavy atom. The third-order valence-corrected chi connectivity index (χ3v) is 5.54. The number of rotatable bonds is 3. The SMILES string of the molecule is CN1C2CCC1CN(Cc1ccc(C(=O)O)s1)CC2. The van der Waals surface area contributed by atoms with Crippen molar-refractivity contribution in [3.63, 3.8) is 0 Å². The normalized spacial score (nSPS) is 28.5. The standard InChI is InChI=1S/C14H20N2O2S/c1-15-10-2-3-11(15)8-16(7-6-10)9-12-4-5-13(19-12)14(17)18/h4-5,10-11H,2-3,6-9H2,1H3,(H,17,18). The van der Waals surface area contributed by atoms with Crippen molar-refractivity contribution in [3.05, 3.63) is 21.9 Å². The minimum Gasteiger partial charge on any atom is -0.477 e. The molecule has 0 saturated carbocycles. The second-order valence-electron chi connectivity index (χ2n) is 5.65. The smallest absolute Gasteiger partial charge is 0.345 e. The van der Waals surface area contributed by atoms with E-state index in [1.54, 1.807) is 6.07 Å². The zero-order valence-corrected chi connectivity index (χ0v) is 12.0. The fourth-order valence-corrected chi connectivity index (χ4v) is 4.21. The molecule has 0 amide bonds. The average Bonchev–Trinajstić information content (AvgIpc) is 2.89. The molecule has 2 aliphatic heterocycles. The summed E-state index contributed by atoms with van der Waals surface area (Å²) >= 11 is 1.41. The summed E-state index contributed by atoms with van der Waals surface area (Å²) in [5.74, 6) is -0.814. The first kappa shape index (κ1) is 13.1. The lowest BCUT2D eigenvalue weighted by Gasteiger charge is -2.25. The highest BCUT2D eigenvalue weighted by molar-refractivity contribution is 7.13. The molecule has 0 spiro atoms. The molecule has 3 rings (SSSR count). The van der Waals surface area contributed by atoms with Crippen LogP contribution >= 0.6 is 11.3 Å². The Balaban J connectivity index is 1.65. The molecule has 2 bridgehead atoms. The van der Waals surface area contributed by atoms with Gasteiger partial charge in [-0.2, -0.15) is 0 Å². The van der Waals surface area contributed by atoms with Crippen molar-refractivity contribution < 1.29 is 9.90 Å². The summed E-state index contributed by atoms with van der Waals surface area (Å²) in [5.41, 5.74) is 0. The number of likely N-dealkylation sites (tertiary alicyclic amines) is 1. The molecule has 19 heavy (non-hydrogen) atoms. The molecular weight excluding hydrogens is 260 g/mol. The van der Waals surface area contributed by atoms with E-state index in [1.807, 2.05) is 6.07 Å². The van der Waals surface area contributed by atoms with Crippen LogP contribution in [0.25, 0.3) is 0 Å². The van der Waals surface area contributed by atoms with E-state index >= 15 is 0 Å². The minimum absolute atomic E-state index is 0.448. The van der Waals surface area contributed by atoms with E-state index in [4.69, 9.17) is 5.11 Å². The fourth-order valence-electron chi connectivity index (χ4n) is 3.32. The van der Waals surface area contributed by atoms with Gasteiger partial charge in [-0.05, 0) is 38.4 Å². The number of carbonyl (C=O) groups is 1. The van der Waals surface area contributed by atoms with Crippen LogP contribution in [0.2, 0.25) is 0 Å². The Morgan fingerprint density at radius 3 is 2.89 bits per heavy atom. The second kappa shape index (κ2) is 5.23. The Bertz CT molecular complexity index is 474. The van der Waals surface area contributed by atoms with Gasteiger partial charge < -0.3 is 5.11 Å². The monoisotopic (exact) mass is 280 g/mol. The highest BCUT2D eigenvalue weighted by Crippen LogP contribution is 2.29. The van der Waals surface area contributed by atoms with Gasteiger partial charge in [-0.15, -0.1) is 11.3 Å². The summed E-state index contributed by atoms with van der Waals surface area (Å²) in [5, 5.41) is 8.96. The molecule has 4 nitrogen and oxygen atoms in total. The topological polar surface area (TPSA) is 43.8 Å². The Labute approximate surface area is 117 Å². The Morgan fingerprint density at radius 2 is 2.16 bits per heavy atom. The van der Waals surface area contributed by atoms with Crippen molar-refractivity contribution in [2.75, 3.05) is 20.1 Å². The highest BCUT2D eigenvalue weighted by Gasteiger charge is 2.34. The molecule has 104 valence electrons. The van der Waals surface area contributed by atoms with Gasteiger partial charge in [0.25, 0.3) is 0 Å². The highest BCUT2D eigenvalue weighted by atomic mass is 32.1. The number of carboxylic acid groups (broad SMARTS) is 1. The van der Waals surface area contributed by atoms with Gasteiger partial charge in [0.05, 0.1) is 0 Å². The maximum absolute atomic E-state index is 10.9. The van der Waals surface area contributed by atoms with Crippen LogP contribution < -0.4 is 0 Å². The number of likely N-dealkylation sites (N-methyl/N-ethyl adjacent to an activating group) is 1. The number of aromatic carboxylic acids is 1. The third-order valence-electron chi connectivity index (χ3n) is 4.48. The number of nitrogens with zero attached hydrogens (tertiary/aromatic N) is 2. The van der Waals surface area contributed by atoms with Crippen molar-refractivity contribution in [1.82, 2.24) is 9.80 Å². The van der Waals surface area contributed by atoms with E-state index < -0.39 is 5.97 Å². The number of thiophene rings is 1. The molecule has 2 aliphatic rings. The molecule has 3 heterocycles. The number of carboxylic acids is 1. The maximum atomic E-state index is 10.9. The predicted molar refractivity (Wildman–Crippen MR) is 75.7 cm³/mol. The van der Waals surface area contributed by atoms with Gasteiger partial charge in [0.1, 0.15) is 4.88 Å². The van der Waals surface area contributed by atoms with Crippen LogP contribution in [0.3, 0.4) is 0 Å². The zero-order valence-electron chi connectivity index (χ0n) is 11.2. The van der Waals surface area contributed by atoms with Gasteiger partial charge >= 0.3 is 5.97 Å². The molecule has 1 aromatic rings. The predicted octanol–water partition coefficient (Wildman–Crippen LogP) is 2.11. The molecule has 0 aliphatic carbocycles. The van der Waals surface area contributed by atoms with Gasteiger partial charge in [-0.3, -0.25) is 9.80 Å². The summed E-state index contributed by atoms with van der Waals surface area (Å²) in [4.78, 5) is 17.5. The van der Waals surface area contributed by atoms with Crippen LogP contribution in [0, 0.1) is 0 Å². The van der Waals surface area contributed by atoms with Crippen LogP contribution in [0.1, 0.15) is 33.8 Å². The molecule has 2 unspecified atom stereocenters. The molecule has 1 N–H and O–H groups in total. The van der Waals surface area contributed by atoms with Crippen molar-refractivity contribution in [2.45, 2.75) is 37.9 Å². The summed E-state index contributed by atoms with van der Waals surface area (Å²) in [6.07, 6.45) is 3.89. The average molecular weight is 280 g/mol. The zero-order chi connectivity index (χ0) is 13.4. The van der Waals surface area contributed by atoms with E-state index in [9.17, 15) is 4.79 Å². The summed E-state index contributed by atoms with van der Waals surface area (Å²) in [7, 11) is 2.25. The van der Waals surface area contributed by atoms with E-state index in [2.05, 4.69) is 16.8 Å². The van der Waals surface area contributed by atoms with Crippen LogP contribution in [-0.4, -0.2) is 53.1 Å². The molecular formula is C14H20N2O2S. The Kier molecular flexibility index (Phi) is 3.60. The number of hydrogen-bond acceptors (Lipinski definition) is 4. The molecule has 2 atom stereocenters. The van der Waals surface area contributed by atoms with Crippen LogP contribution in [0.4, 0.5) is 0 Å². The van der Waals surface area contributed by atoms with E-state index in [0.29, 0.717) is 10.9 Å². The number of hydrogen-bond donors (Lipinski definition) is 1. The lowest BCUT2D eigenvalue weighted by atomic mass is 10.1. The van der Waals surface area contributed by atoms with E-state index in [-0.39, 0.29) is 0 Å². The maximum Gasteiger partial charge on any atom is 0.345 e. The van der Waals surface area contributed by atoms with Crippen LogP contribution in [-0.2, 0) is 6.54 Å². The summed E-state index contributed by atoms with van der Waals surface area (Å²) in [6.45, 7) is 3.15. The summed E-state index contributed by atoms with van der Waals surface area (Å²) < 4.78 is 0. The van der Waals surface area contributed by atoms with Crippen LogP contribution in [0.15, 0.2) is 12.1 Å². The van der Waals surface area contributed by atoms with Crippen molar-refractivity contribution in [2.24, 2.45) is 0 Å². The first-order chi connectivity index (χ1) is 9.13. The number of fused-ring (bicyclic) bond motifs is 2. The minimum atomic E-state index is -0.814. The molecule has 0 aromatic carbocycles.